The van der Waals surface area contributed by atoms with Gasteiger partial charge in [-0.05, 0) is 75.5 Å². The number of aromatic nitrogens is 5. The second-order valence-electron chi connectivity index (χ2n) is 17.9. The maximum Gasteiger partial charge on any atom is 0.270 e. The zero-order valence-electron chi connectivity index (χ0n) is 35.3. The Hall–Kier alpha value is -3.53. The van der Waals surface area contributed by atoms with Crippen LogP contribution in [0.1, 0.15) is 123 Å². The molecule has 4 heterocycles. The number of carbonyl (C=O) groups excluding carboxylic acids is 2. The van der Waals surface area contributed by atoms with Gasteiger partial charge in [0, 0.05) is 44.7 Å². The van der Waals surface area contributed by atoms with Crippen LogP contribution in [0.25, 0.3) is 11.1 Å². The molecule has 320 valence electrons. The maximum atomic E-state index is 16.8. The van der Waals surface area contributed by atoms with Gasteiger partial charge in [0.05, 0.1) is 18.2 Å². The number of amides is 2. The first-order valence-corrected chi connectivity index (χ1v) is 25.4. The number of nitrogens with one attached hydrogen (secondary N) is 1. The van der Waals surface area contributed by atoms with E-state index in [-0.39, 0.29) is 60.1 Å². The minimum Gasteiger partial charge on any atom is -0.364 e. The Morgan fingerprint density at radius 2 is 1.60 bits per heavy atom. The van der Waals surface area contributed by atoms with Crippen LogP contribution in [-0.2, 0) is 32.3 Å². The molecular weight excluding hydrogens is 761 g/mol. The highest BCUT2D eigenvalue weighted by Gasteiger charge is 2.45. The summed E-state index contributed by atoms with van der Waals surface area (Å²) in [5, 5.41) is 12.2. The monoisotopic (exact) mass is 825 g/mol. The van der Waals surface area contributed by atoms with Gasteiger partial charge >= 0.3 is 0 Å². The number of hydrogen-bond acceptors (Lipinski definition) is 8. The largest absolute Gasteiger partial charge is 0.364 e. The maximum absolute atomic E-state index is 16.8. The molecule has 6 rings (SSSR count). The number of carbonyl (C=O) groups is 2. The fraction of sp³-hybridized carbons (Fsp3) is 0.698. The highest BCUT2D eigenvalue weighted by Crippen LogP contribution is 2.48. The molecule has 3 aromatic rings. The molecule has 0 radical (unpaired) electrons. The zero-order valence-corrected chi connectivity index (χ0v) is 36.3. The zero-order chi connectivity index (χ0) is 41.4. The normalized spacial score (nSPS) is 19.1. The molecule has 58 heavy (non-hydrogen) atoms. The number of pyridine rings is 1. The lowest BCUT2D eigenvalue weighted by Crippen LogP contribution is -2.39. The lowest BCUT2D eigenvalue weighted by molar-refractivity contribution is -0.163. The number of halogens is 2. The van der Waals surface area contributed by atoms with Crippen LogP contribution in [0.4, 0.5) is 14.6 Å². The van der Waals surface area contributed by atoms with Crippen molar-refractivity contribution in [3.8, 4) is 11.1 Å². The van der Waals surface area contributed by atoms with Crippen molar-refractivity contribution in [1.29, 1.82) is 0 Å². The van der Waals surface area contributed by atoms with Crippen molar-refractivity contribution < 1.29 is 32.6 Å². The summed E-state index contributed by atoms with van der Waals surface area (Å²) in [4.78, 5) is 31.9. The predicted octanol–water partition coefficient (Wildman–Crippen LogP) is 8.88. The van der Waals surface area contributed by atoms with Crippen molar-refractivity contribution in [3.63, 3.8) is 0 Å². The first-order valence-electron chi connectivity index (χ1n) is 21.7. The minimum atomic E-state index is -1.26. The first kappa shape index (κ1) is 44.0. The molecule has 12 nitrogen and oxygen atoms in total. The summed E-state index contributed by atoms with van der Waals surface area (Å²) in [6, 6.07) is 4.20. The second kappa shape index (κ2) is 20.1. The summed E-state index contributed by atoms with van der Waals surface area (Å²) in [6.07, 6.45) is 13.1. The van der Waals surface area contributed by atoms with E-state index < -0.39 is 37.6 Å². The molecule has 1 unspecified atom stereocenters. The topological polar surface area (TPSA) is 148 Å². The van der Waals surface area contributed by atoms with Crippen LogP contribution < -0.4 is 11.1 Å². The first-order chi connectivity index (χ1) is 27.8. The van der Waals surface area contributed by atoms with E-state index in [2.05, 4.69) is 35.0 Å². The fourth-order valence-electron chi connectivity index (χ4n) is 9.41. The summed E-state index contributed by atoms with van der Waals surface area (Å²) < 4.78 is 53.4. The number of hydrogen-bond donors (Lipinski definition) is 2. The molecule has 1 aliphatic heterocycles. The number of anilines is 1. The molecule has 2 saturated carbocycles. The Balaban J connectivity index is 1.28. The number of ether oxygens (including phenoxy) is 3. The Morgan fingerprint density at radius 3 is 2.21 bits per heavy atom. The molecule has 3 aromatic heterocycles. The lowest BCUT2D eigenvalue weighted by Gasteiger charge is -2.41. The molecule has 3 fully saturated rings. The van der Waals surface area contributed by atoms with E-state index >= 15 is 8.78 Å². The number of aryl methyl sites for hydroxylation is 2. The van der Waals surface area contributed by atoms with E-state index in [1.807, 2.05) is 13.8 Å². The summed E-state index contributed by atoms with van der Waals surface area (Å²) in [5.74, 6) is -4.06. The molecule has 1 saturated heterocycles. The van der Waals surface area contributed by atoms with Crippen LogP contribution in [0.5, 0.6) is 0 Å². The van der Waals surface area contributed by atoms with Gasteiger partial charge in [0.25, 0.3) is 5.91 Å². The Labute approximate surface area is 343 Å². The standard InChI is InChI=1S/C43H65F2N7O5Si/c1-28-35(29(2)52(49-28)27-55-25-26-58(3,4)5)32-20-21-33(47-41(32)45)48-43(54)37(36(30-15-8-6-9-16-30)31-17-10-7-11-18-31)39-38(44)40(42(46)53)51(50-39)22-14-24-57-34-19-12-13-23-56-34/h20-21,30-31,34,36-37H,6-19,22-27H2,1-5H3,(H2,46,53)(H,47,48,54)/t34?,37-/m0/s1. The summed E-state index contributed by atoms with van der Waals surface area (Å²) >= 11 is 0. The number of nitrogens with zero attached hydrogens (tertiary/aromatic N) is 5. The van der Waals surface area contributed by atoms with Crippen molar-refractivity contribution >= 4 is 25.7 Å². The summed E-state index contributed by atoms with van der Waals surface area (Å²) in [5.41, 5.74) is 7.62. The third-order valence-electron chi connectivity index (χ3n) is 12.4. The van der Waals surface area contributed by atoms with E-state index in [1.165, 1.54) is 4.68 Å². The lowest BCUT2D eigenvalue weighted by atomic mass is 9.63. The van der Waals surface area contributed by atoms with E-state index in [0.29, 0.717) is 37.5 Å². The predicted molar refractivity (Wildman–Crippen MR) is 222 cm³/mol. The van der Waals surface area contributed by atoms with Crippen molar-refractivity contribution in [1.82, 2.24) is 24.5 Å². The molecule has 0 aromatic carbocycles. The van der Waals surface area contributed by atoms with Crippen LogP contribution in [0, 0.1) is 43.4 Å². The molecule has 15 heteroatoms. The number of nitrogens with two attached hydrogens (primary N) is 1. The van der Waals surface area contributed by atoms with Gasteiger partial charge in [0.2, 0.25) is 11.9 Å². The van der Waals surface area contributed by atoms with E-state index in [1.54, 1.807) is 16.8 Å². The van der Waals surface area contributed by atoms with Crippen molar-refractivity contribution in [2.45, 2.75) is 155 Å². The third kappa shape index (κ3) is 11.0. The molecule has 2 atom stereocenters. The molecule has 0 bridgehead atoms. The Kier molecular flexibility index (Phi) is 15.3. The van der Waals surface area contributed by atoms with Crippen LogP contribution >= 0.6 is 0 Å². The van der Waals surface area contributed by atoms with Gasteiger partial charge in [-0.25, -0.2) is 14.1 Å². The van der Waals surface area contributed by atoms with Crippen LogP contribution in [0.3, 0.4) is 0 Å². The molecule has 2 amide bonds. The van der Waals surface area contributed by atoms with Crippen molar-refractivity contribution in [2.75, 3.05) is 25.1 Å². The van der Waals surface area contributed by atoms with E-state index in [4.69, 9.17) is 25.0 Å². The van der Waals surface area contributed by atoms with Crippen molar-refractivity contribution in [3.05, 3.63) is 46.7 Å². The van der Waals surface area contributed by atoms with Gasteiger partial charge in [-0.1, -0.05) is 83.8 Å². The van der Waals surface area contributed by atoms with Gasteiger partial charge in [-0.15, -0.1) is 0 Å². The SMILES string of the molecule is Cc1nn(COCC[Si](C)(C)C)c(C)c1-c1ccc(NC(=O)[C@H](c2nn(CCCOC3CCCCO3)c(C(N)=O)c2F)C(C2CCCCC2)C2CCCCC2)nc1F. The molecule has 3 aliphatic rings. The van der Waals surface area contributed by atoms with Gasteiger partial charge < -0.3 is 25.3 Å². The van der Waals surface area contributed by atoms with Gasteiger partial charge in [0.1, 0.15) is 18.2 Å². The highest BCUT2D eigenvalue weighted by molar-refractivity contribution is 6.76. The summed E-state index contributed by atoms with van der Waals surface area (Å²) in [7, 11) is -1.26. The fourth-order valence-corrected chi connectivity index (χ4v) is 10.2. The van der Waals surface area contributed by atoms with Gasteiger partial charge in [-0.3, -0.25) is 14.3 Å². The number of primary amides is 1. The van der Waals surface area contributed by atoms with Crippen LogP contribution in [0.15, 0.2) is 12.1 Å². The smallest absolute Gasteiger partial charge is 0.270 e. The summed E-state index contributed by atoms with van der Waals surface area (Å²) in [6.45, 7) is 12.6. The molecule has 0 spiro atoms. The Morgan fingerprint density at radius 1 is 0.931 bits per heavy atom. The average molecular weight is 826 g/mol. The quantitative estimate of drug-likeness (QED) is 0.0735. The van der Waals surface area contributed by atoms with Crippen LogP contribution in [-0.4, -0.2) is 70.5 Å². The second-order valence-corrected chi connectivity index (χ2v) is 23.5. The average Bonchev–Trinajstić information content (AvgIpc) is 3.67. The Bertz CT molecular complexity index is 1830. The molecular formula is C43H65F2N7O5Si. The van der Waals surface area contributed by atoms with Gasteiger partial charge in [-0.2, -0.15) is 14.6 Å². The number of rotatable bonds is 18. The highest BCUT2D eigenvalue weighted by atomic mass is 28.3. The molecule has 3 N–H and O–H groups in total. The molecule has 2 aliphatic carbocycles. The third-order valence-corrected chi connectivity index (χ3v) is 14.1. The van der Waals surface area contributed by atoms with Gasteiger partial charge in [0.15, 0.2) is 17.8 Å². The van der Waals surface area contributed by atoms with Crippen LogP contribution in [0.2, 0.25) is 25.7 Å². The van der Waals surface area contributed by atoms with E-state index in [0.717, 1.165) is 95.2 Å². The van der Waals surface area contributed by atoms with Crippen molar-refractivity contribution in [2.24, 2.45) is 23.5 Å². The minimum absolute atomic E-state index is 0.0108. The van der Waals surface area contributed by atoms with E-state index in [9.17, 15) is 9.59 Å².